The highest BCUT2D eigenvalue weighted by Gasteiger charge is 2.16. The predicted octanol–water partition coefficient (Wildman–Crippen LogP) is 0.626. The van der Waals surface area contributed by atoms with Gasteiger partial charge in [0.25, 0.3) is 0 Å². The molecule has 0 aromatic heterocycles. The van der Waals surface area contributed by atoms with Gasteiger partial charge in [-0.05, 0) is 0 Å². The lowest BCUT2D eigenvalue weighted by Crippen LogP contribution is -2.19. The Morgan fingerprint density at radius 2 is 2.00 bits per heavy atom. The quantitative estimate of drug-likeness (QED) is 0.615. The predicted molar refractivity (Wildman–Crippen MR) is 33.8 cm³/mol. The second-order valence-electron chi connectivity index (χ2n) is 1.50. The van der Waals surface area contributed by atoms with E-state index in [-0.39, 0.29) is 0 Å². The molecule has 54 valence electrons. The Morgan fingerprint density at radius 3 is 2.11 bits per heavy atom. The first kappa shape index (κ1) is 9.01. The van der Waals surface area contributed by atoms with Gasteiger partial charge in [0, 0.05) is 0 Å². The smallest absolute Gasteiger partial charge is 0.306 e. The van der Waals surface area contributed by atoms with Crippen molar-refractivity contribution < 1.29 is 15.0 Å². The molecule has 0 amide bonds. The minimum Gasteiger partial charge on any atom is -0.481 e. The molecule has 0 spiro atoms. The maximum atomic E-state index is 9.84. The maximum Gasteiger partial charge on any atom is 0.306 e. The summed E-state index contributed by atoms with van der Waals surface area (Å²) in [6, 6.07) is 0. The fourth-order valence-electron chi connectivity index (χ4n) is 0.268. The van der Waals surface area contributed by atoms with Crippen LogP contribution in [0.4, 0.5) is 0 Å². The maximum absolute atomic E-state index is 9.84. The molecule has 0 aliphatic rings. The number of hydrogen-bond donors (Lipinski definition) is 2. The van der Waals surface area contributed by atoms with Gasteiger partial charge in [-0.1, -0.05) is 0 Å². The number of alkyl halides is 2. The summed E-state index contributed by atoms with van der Waals surface area (Å²) in [5.41, 5.74) is 0. The summed E-state index contributed by atoms with van der Waals surface area (Å²) in [5, 5.41) is 16.7. The van der Waals surface area contributed by atoms with E-state index in [4.69, 9.17) is 33.4 Å². The molecular formula is C4H6Cl2O3. The number of rotatable bonds is 3. The highest BCUT2D eigenvalue weighted by molar-refractivity contribution is 6.44. The van der Waals surface area contributed by atoms with E-state index in [2.05, 4.69) is 0 Å². The monoisotopic (exact) mass is 172 g/mol. The standard InChI is InChI=1S/C4H6Cl2O3/c5-4(6)2(7)1-3(8)9/h2,4,7H,1H2,(H,8,9). The van der Waals surface area contributed by atoms with Crippen molar-refractivity contribution >= 4 is 29.2 Å². The average Bonchev–Trinajstić information content (AvgIpc) is 1.63. The van der Waals surface area contributed by atoms with Crippen molar-refractivity contribution in [1.29, 1.82) is 0 Å². The third-order valence-electron chi connectivity index (χ3n) is 0.675. The van der Waals surface area contributed by atoms with E-state index >= 15 is 0 Å². The number of halogens is 2. The Labute approximate surface area is 62.2 Å². The number of carbonyl (C=O) groups is 1. The van der Waals surface area contributed by atoms with Gasteiger partial charge in [0.1, 0.15) is 4.84 Å². The largest absolute Gasteiger partial charge is 0.481 e. The van der Waals surface area contributed by atoms with Crippen LogP contribution in [0.25, 0.3) is 0 Å². The molecular weight excluding hydrogens is 167 g/mol. The highest BCUT2D eigenvalue weighted by atomic mass is 35.5. The van der Waals surface area contributed by atoms with Crippen LogP contribution in [-0.2, 0) is 4.79 Å². The average molecular weight is 173 g/mol. The van der Waals surface area contributed by atoms with E-state index in [1.54, 1.807) is 0 Å². The summed E-state index contributed by atoms with van der Waals surface area (Å²) in [4.78, 5) is 8.81. The van der Waals surface area contributed by atoms with Gasteiger partial charge in [-0.3, -0.25) is 4.79 Å². The Hall–Kier alpha value is 0.01000. The first-order chi connectivity index (χ1) is 4.04. The van der Waals surface area contributed by atoms with Crippen molar-refractivity contribution in [2.75, 3.05) is 0 Å². The van der Waals surface area contributed by atoms with E-state index in [9.17, 15) is 4.79 Å². The van der Waals surface area contributed by atoms with Gasteiger partial charge in [-0.2, -0.15) is 0 Å². The summed E-state index contributed by atoms with van der Waals surface area (Å²) >= 11 is 10.2. The minimum atomic E-state index is -1.18. The van der Waals surface area contributed by atoms with Gasteiger partial charge in [0.05, 0.1) is 12.5 Å². The van der Waals surface area contributed by atoms with Gasteiger partial charge in [0.2, 0.25) is 0 Å². The van der Waals surface area contributed by atoms with E-state index < -0.39 is 23.3 Å². The molecule has 0 radical (unpaired) electrons. The Morgan fingerprint density at radius 1 is 1.56 bits per heavy atom. The summed E-state index contributed by atoms with van der Waals surface area (Å²) in [6.45, 7) is 0. The molecule has 1 atom stereocenters. The molecule has 0 aromatic carbocycles. The van der Waals surface area contributed by atoms with Crippen LogP contribution in [0.5, 0.6) is 0 Å². The van der Waals surface area contributed by atoms with Gasteiger partial charge in [-0.25, -0.2) is 0 Å². The summed E-state index contributed by atoms with van der Waals surface area (Å²) in [7, 11) is 0. The number of aliphatic carboxylic acids is 1. The minimum absolute atomic E-state index is 0.419. The normalized spacial score (nSPS) is 13.8. The van der Waals surface area contributed by atoms with Crippen LogP contribution in [0.15, 0.2) is 0 Å². The van der Waals surface area contributed by atoms with Crippen molar-refractivity contribution in [2.24, 2.45) is 0 Å². The van der Waals surface area contributed by atoms with Crippen molar-refractivity contribution in [1.82, 2.24) is 0 Å². The molecule has 0 fully saturated rings. The van der Waals surface area contributed by atoms with Crippen LogP contribution in [-0.4, -0.2) is 27.1 Å². The third kappa shape index (κ3) is 4.51. The molecule has 0 aliphatic heterocycles. The molecule has 0 saturated heterocycles. The molecule has 2 N–H and O–H groups in total. The number of aliphatic hydroxyl groups excluding tert-OH is 1. The number of hydrogen-bond acceptors (Lipinski definition) is 2. The fourth-order valence-corrected chi connectivity index (χ4v) is 0.446. The zero-order valence-corrected chi connectivity index (χ0v) is 5.93. The van der Waals surface area contributed by atoms with Crippen LogP contribution in [0.1, 0.15) is 6.42 Å². The Kier molecular flexibility index (Phi) is 3.93. The van der Waals surface area contributed by atoms with Gasteiger partial charge in [0.15, 0.2) is 0 Å². The topological polar surface area (TPSA) is 57.5 Å². The van der Waals surface area contributed by atoms with Crippen LogP contribution in [0.2, 0.25) is 0 Å². The summed E-state index contributed by atoms with van der Waals surface area (Å²) in [5.74, 6) is -1.12. The lowest BCUT2D eigenvalue weighted by molar-refractivity contribution is -0.138. The first-order valence-electron chi connectivity index (χ1n) is 2.22. The van der Waals surface area contributed by atoms with Crippen molar-refractivity contribution in [2.45, 2.75) is 17.4 Å². The molecule has 0 saturated carbocycles. The number of carboxylic acids is 1. The second kappa shape index (κ2) is 3.93. The second-order valence-corrected chi connectivity index (χ2v) is 2.66. The van der Waals surface area contributed by atoms with Gasteiger partial charge in [-0.15, -0.1) is 23.2 Å². The van der Waals surface area contributed by atoms with Crippen LogP contribution >= 0.6 is 23.2 Å². The molecule has 3 nitrogen and oxygen atoms in total. The molecule has 0 heterocycles. The van der Waals surface area contributed by atoms with Crippen molar-refractivity contribution in [3.8, 4) is 0 Å². The Balaban J connectivity index is 3.50. The SMILES string of the molecule is O=C(O)CC(O)C(Cl)Cl. The van der Waals surface area contributed by atoms with Crippen LogP contribution < -0.4 is 0 Å². The summed E-state index contributed by atoms with van der Waals surface area (Å²) in [6.07, 6.45) is -1.59. The van der Waals surface area contributed by atoms with Gasteiger partial charge >= 0.3 is 5.97 Å². The molecule has 0 rings (SSSR count). The van der Waals surface area contributed by atoms with Crippen molar-refractivity contribution in [3.05, 3.63) is 0 Å². The molecule has 1 unspecified atom stereocenters. The van der Waals surface area contributed by atoms with E-state index in [1.807, 2.05) is 0 Å². The molecule has 0 bridgehead atoms. The van der Waals surface area contributed by atoms with Crippen LogP contribution in [0, 0.1) is 0 Å². The highest BCUT2D eigenvalue weighted by Crippen LogP contribution is 2.10. The summed E-state index contributed by atoms with van der Waals surface area (Å²) < 4.78 is 0. The van der Waals surface area contributed by atoms with E-state index in [1.165, 1.54) is 0 Å². The lowest BCUT2D eigenvalue weighted by Gasteiger charge is -2.06. The molecule has 5 heteroatoms. The van der Waals surface area contributed by atoms with E-state index in [0.29, 0.717) is 0 Å². The molecule has 9 heavy (non-hydrogen) atoms. The van der Waals surface area contributed by atoms with Crippen molar-refractivity contribution in [3.63, 3.8) is 0 Å². The number of aliphatic hydroxyl groups is 1. The van der Waals surface area contributed by atoms with Gasteiger partial charge < -0.3 is 10.2 Å². The zero-order valence-electron chi connectivity index (χ0n) is 4.42. The Bertz CT molecular complexity index is 104. The third-order valence-corrected chi connectivity index (χ3v) is 1.26. The first-order valence-corrected chi connectivity index (χ1v) is 3.09. The number of carboxylic acid groups (broad SMARTS) is 1. The van der Waals surface area contributed by atoms with Crippen LogP contribution in [0.3, 0.4) is 0 Å². The molecule has 0 aromatic rings. The lowest BCUT2D eigenvalue weighted by atomic mass is 10.3. The fraction of sp³-hybridized carbons (Fsp3) is 0.750. The molecule has 0 aliphatic carbocycles. The van der Waals surface area contributed by atoms with E-state index in [0.717, 1.165) is 0 Å². The zero-order chi connectivity index (χ0) is 7.44.